The fraction of sp³-hybridized carbons (Fsp3) is 0.458. The monoisotopic (exact) mass is 537 g/mol. The Balaban J connectivity index is 1.75. The van der Waals surface area contributed by atoms with E-state index in [9.17, 15) is 28.0 Å². The molecule has 1 aromatic carbocycles. The number of carboxylic acid groups (broad SMARTS) is 1. The number of carboxylic acids is 1. The summed E-state index contributed by atoms with van der Waals surface area (Å²) in [6, 6.07) is 8.37. The van der Waals surface area contributed by atoms with Gasteiger partial charge in [-0.05, 0) is 25.5 Å². The average Bonchev–Trinajstić information content (AvgIpc) is 3.34. The third-order valence-electron chi connectivity index (χ3n) is 5.63. The summed E-state index contributed by atoms with van der Waals surface area (Å²) in [5.74, 6) is -2.58. The van der Waals surface area contributed by atoms with Crippen molar-refractivity contribution >= 4 is 23.9 Å². The maximum absolute atomic E-state index is 13.2. The fourth-order valence-corrected chi connectivity index (χ4v) is 3.78. The second-order valence-corrected chi connectivity index (χ2v) is 8.29. The van der Waals surface area contributed by atoms with Crippen LogP contribution in [0.15, 0.2) is 36.4 Å². The summed E-state index contributed by atoms with van der Waals surface area (Å²) in [6.07, 6.45) is -3.82. The number of alkyl halides is 2. The smallest absolute Gasteiger partial charge is 0.409 e. The van der Waals surface area contributed by atoms with Crippen LogP contribution in [0.1, 0.15) is 30.3 Å². The molecule has 1 aliphatic rings. The summed E-state index contributed by atoms with van der Waals surface area (Å²) in [4.78, 5) is 52.2. The van der Waals surface area contributed by atoms with E-state index in [0.717, 1.165) is 0 Å². The number of amides is 3. The molecule has 206 valence electrons. The van der Waals surface area contributed by atoms with Crippen LogP contribution in [0.4, 0.5) is 13.6 Å². The lowest BCUT2D eigenvalue weighted by atomic mass is 10.1. The van der Waals surface area contributed by atoms with Crippen molar-refractivity contribution in [1.29, 1.82) is 0 Å². The largest absolute Gasteiger partial charge is 0.481 e. The Hall–Kier alpha value is -4.23. The highest BCUT2D eigenvalue weighted by molar-refractivity contribution is 5.96. The van der Waals surface area contributed by atoms with Crippen LogP contribution in [-0.4, -0.2) is 100 Å². The number of nitrogens with one attached hydrogen (secondary N) is 1. The van der Waals surface area contributed by atoms with E-state index in [1.165, 1.54) is 20.5 Å². The van der Waals surface area contributed by atoms with Crippen molar-refractivity contribution in [3.8, 4) is 11.6 Å². The highest BCUT2D eigenvalue weighted by Gasteiger charge is 2.31. The van der Waals surface area contributed by atoms with E-state index in [2.05, 4.69) is 10.4 Å². The molecule has 0 saturated carbocycles. The molecule has 3 rings (SSSR count). The van der Waals surface area contributed by atoms with E-state index in [4.69, 9.17) is 14.6 Å². The average molecular weight is 538 g/mol. The second-order valence-electron chi connectivity index (χ2n) is 8.29. The number of hydrogen-bond acceptors (Lipinski definition) is 7. The van der Waals surface area contributed by atoms with Gasteiger partial charge in [0, 0.05) is 38.7 Å². The molecule has 0 aliphatic carbocycles. The Morgan fingerprint density at radius 1 is 1.08 bits per heavy atom. The van der Waals surface area contributed by atoms with Gasteiger partial charge in [-0.25, -0.2) is 18.3 Å². The van der Waals surface area contributed by atoms with Crippen LogP contribution in [0.5, 0.6) is 5.88 Å². The summed E-state index contributed by atoms with van der Waals surface area (Å²) in [7, 11) is 0. The minimum absolute atomic E-state index is 0.106. The minimum atomic E-state index is -2.76. The highest BCUT2D eigenvalue weighted by atomic mass is 19.3. The number of carbonyl (C=O) groups excluding carboxylic acids is 3. The zero-order valence-electron chi connectivity index (χ0n) is 20.7. The molecule has 1 atom stereocenters. The van der Waals surface area contributed by atoms with E-state index in [1.807, 2.05) is 0 Å². The first-order chi connectivity index (χ1) is 18.2. The first kappa shape index (κ1) is 28.3. The standard InChI is InChI=1S/C24H29F2N5O7/c1-2-37-24(36)30-12-10-29(11-13-30)23(35)17(8-9-21(32)33)27-22(34)18-14-20(38-15-19(25)26)31(28-18)16-6-4-3-5-7-16/h3-7,14,17,19H,2,8-13,15H2,1H3,(H,27,34)(H,32,33). The van der Waals surface area contributed by atoms with Crippen LogP contribution in [0, 0.1) is 0 Å². The zero-order chi connectivity index (χ0) is 27.7. The summed E-state index contributed by atoms with van der Waals surface area (Å²) < 4.78 is 36.8. The number of aliphatic carboxylic acids is 1. The van der Waals surface area contributed by atoms with E-state index in [1.54, 1.807) is 37.3 Å². The zero-order valence-corrected chi connectivity index (χ0v) is 20.7. The van der Waals surface area contributed by atoms with Crippen LogP contribution in [0.25, 0.3) is 5.69 Å². The van der Waals surface area contributed by atoms with E-state index in [-0.39, 0.29) is 57.2 Å². The molecule has 2 heterocycles. The molecular weight excluding hydrogens is 508 g/mol. The summed E-state index contributed by atoms with van der Waals surface area (Å²) in [5.41, 5.74) is 0.243. The van der Waals surface area contributed by atoms with E-state index in [0.29, 0.717) is 5.69 Å². The van der Waals surface area contributed by atoms with Crippen molar-refractivity contribution in [3.63, 3.8) is 0 Å². The Morgan fingerprint density at radius 2 is 1.74 bits per heavy atom. The number of aromatic nitrogens is 2. The summed E-state index contributed by atoms with van der Waals surface area (Å²) in [6.45, 7) is 1.77. The molecular formula is C24H29F2N5O7. The third kappa shape index (κ3) is 7.63. The van der Waals surface area contributed by atoms with Gasteiger partial charge in [0.2, 0.25) is 11.8 Å². The van der Waals surface area contributed by atoms with Gasteiger partial charge in [0.25, 0.3) is 12.3 Å². The molecule has 3 amide bonds. The molecule has 0 spiro atoms. The quantitative estimate of drug-likeness (QED) is 0.442. The Kier molecular flexibility index (Phi) is 9.96. The lowest BCUT2D eigenvalue weighted by molar-refractivity contribution is -0.138. The fourth-order valence-electron chi connectivity index (χ4n) is 3.78. The Bertz CT molecular complexity index is 1120. The molecule has 1 aliphatic heterocycles. The molecule has 2 aromatic rings. The Labute approximate surface area is 217 Å². The molecule has 38 heavy (non-hydrogen) atoms. The number of carbonyl (C=O) groups is 4. The molecule has 0 bridgehead atoms. The normalized spacial score (nSPS) is 14.2. The van der Waals surface area contributed by atoms with Gasteiger partial charge in [-0.2, -0.15) is 5.10 Å². The lowest BCUT2D eigenvalue weighted by Crippen LogP contribution is -2.56. The lowest BCUT2D eigenvalue weighted by Gasteiger charge is -2.35. The van der Waals surface area contributed by atoms with Crippen LogP contribution in [0.3, 0.4) is 0 Å². The number of ether oxygens (including phenoxy) is 2. The topological polar surface area (TPSA) is 143 Å². The van der Waals surface area contributed by atoms with Gasteiger partial charge < -0.3 is 29.7 Å². The van der Waals surface area contributed by atoms with E-state index < -0.39 is 43.0 Å². The second kappa shape index (κ2) is 13.4. The maximum atomic E-state index is 13.2. The predicted molar refractivity (Wildman–Crippen MR) is 128 cm³/mol. The van der Waals surface area contributed by atoms with Gasteiger partial charge in [0.15, 0.2) is 12.3 Å². The molecule has 0 radical (unpaired) electrons. The molecule has 1 saturated heterocycles. The van der Waals surface area contributed by atoms with Gasteiger partial charge in [-0.15, -0.1) is 0 Å². The first-order valence-corrected chi connectivity index (χ1v) is 12.0. The third-order valence-corrected chi connectivity index (χ3v) is 5.63. The highest BCUT2D eigenvalue weighted by Crippen LogP contribution is 2.21. The van der Waals surface area contributed by atoms with Gasteiger partial charge >= 0.3 is 12.1 Å². The van der Waals surface area contributed by atoms with Gasteiger partial charge in [-0.3, -0.25) is 14.4 Å². The molecule has 1 fully saturated rings. The number of halogens is 2. The van der Waals surface area contributed by atoms with Gasteiger partial charge in [0.1, 0.15) is 6.04 Å². The molecule has 14 heteroatoms. The molecule has 1 unspecified atom stereocenters. The maximum Gasteiger partial charge on any atom is 0.409 e. The number of benzene rings is 1. The number of para-hydroxylation sites is 1. The summed E-state index contributed by atoms with van der Waals surface area (Å²) >= 11 is 0. The van der Waals surface area contributed by atoms with Gasteiger partial charge in [-0.1, -0.05) is 18.2 Å². The predicted octanol–water partition coefficient (Wildman–Crippen LogP) is 1.78. The number of rotatable bonds is 11. The number of piperazine rings is 1. The molecule has 12 nitrogen and oxygen atoms in total. The van der Waals surface area contributed by atoms with Crippen LogP contribution < -0.4 is 10.1 Å². The van der Waals surface area contributed by atoms with Crippen molar-refractivity contribution in [2.24, 2.45) is 0 Å². The van der Waals surface area contributed by atoms with Crippen molar-refractivity contribution in [3.05, 3.63) is 42.1 Å². The van der Waals surface area contributed by atoms with Crippen LogP contribution in [0.2, 0.25) is 0 Å². The SMILES string of the molecule is CCOC(=O)N1CCN(C(=O)C(CCC(=O)O)NC(=O)c2cc(OCC(F)F)n(-c3ccccc3)n2)CC1. The van der Waals surface area contributed by atoms with Gasteiger partial charge in [0.05, 0.1) is 12.3 Å². The molecule has 2 N–H and O–H groups in total. The van der Waals surface area contributed by atoms with Crippen molar-refractivity contribution < 1.29 is 42.5 Å². The number of nitrogens with zero attached hydrogens (tertiary/aromatic N) is 4. The van der Waals surface area contributed by atoms with Crippen molar-refractivity contribution in [1.82, 2.24) is 24.9 Å². The van der Waals surface area contributed by atoms with Crippen molar-refractivity contribution in [2.45, 2.75) is 32.2 Å². The molecule has 1 aromatic heterocycles. The van der Waals surface area contributed by atoms with Crippen LogP contribution in [-0.2, 0) is 14.3 Å². The summed E-state index contributed by atoms with van der Waals surface area (Å²) in [5, 5.41) is 15.8. The Morgan fingerprint density at radius 3 is 2.34 bits per heavy atom. The first-order valence-electron chi connectivity index (χ1n) is 12.0. The number of hydrogen-bond donors (Lipinski definition) is 2. The van der Waals surface area contributed by atoms with Crippen LogP contribution >= 0.6 is 0 Å². The van der Waals surface area contributed by atoms with Crippen molar-refractivity contribution in [2.75, 3.05) is 39.4 Å². The van der Waals surface area contributed by atoms with E-state index >= 15 is 0 Å². The minimum Gasteiger partial charge on any atom is -0.481 e.